The van der Waals surface area contributed by atoms with Gasteiger partial charge in [0.1, 0.15) is 0 Å². The van der Waals surface area contributed by atoms with E-state index in [-0.39, 0.29) is 5.91 Å². The SMILES string of the molecule is CCN(C(=O)c1ccc(C)nc1)C1CNC1. The Morgan fingerprint density at radius 1 is 1.56 bits per heavy atom. The standard InChI is InChI=1S/C12H17N3O/c1-3-15(11-7-13-8-11)12(16)10-5-4-9(2)14-6-10/h4-6,11,13H,3,7-8H2,1-2H3. The van der Waals surface area contributed by atoms with Crippen LogP contribution in [0.15, 0.2) is 18.3 Å². The smallest absolute Gasteiger partial charge is 0.255 e. The van der Waals surface area contributed by atoms with Crippen LogP contribution in [-0.2, 0) is 0 Å². The van der Waals surface area contributed by atoms with Gasteiger partial charge in [0.15, 0.2) is 0 Å². The van der Waals surface area contributed by atoms with E-state index in [1.807, 2.05) is 30.9 Å². The van der Waals surface area contributed by atoms with Gasteiger partial charge in [-0.3, -0.25) is 9.78 Å². The van der Waals surface area contributed by atoms with E-state index in [2.05, 4.69) is 10.3 Å². The van der Waals surface area contributed by atoms with Crippen molar-refractivity contribution in [2.75, 3.05) is 19.6 Å². The van der Waals surface area contributed by atoms with E-state index in [9.17, 15) is 4.79 Å². The number of aromatic nitrogens is 1. The van der Waals surface area contributed by atoms with Gasteiger partial charge in [-0.2, -0.15) is 0 Å². The van der Waals surface area contributed by atoms with Crippen LogP contribution < -0.4 is 5.32 Å². The second kappa shape index (κ2) is 4.61. The Balaban J connectivity index is 2.12. The average molecular weight is 219 g/mol. The fourth-order valence-electron chi connectivity index (χ4n) is 1.82. The molecule has 0 aromatic carbocycles. The first-order valence-corrected chi connectivity index (χ1v) is 5.66. The van der Waals surface area contributed by atoms with E-state index < -0.39 is 0 Å². The molecule has 0 radical (unpaired) electrons. The quantitative estimate of drug-likeness (QED) is 0.818. The maximum absolute atomic E-state index is 12.2. The maximum atomic E-state index is 12.2. The molecule has 2 heterocycles. The molecule has 0 saturated carbocycles. The first-order valence-electron chi connectivity index (χ1n) is 5.66. The minimum atomic E-state index is 0.0847. The van der Waals surface area contributed by atoms with Gasteiger partial charge in [0, 0.05) is 31.5 Å². The third-order valence-corrected chi connectivity index (χ3v) is 2.96. The Kier molecular flexibility index (Phi) is 3.19. The van der Waals surface area contributed by atoms with Crippen LogP contribution in [0.3, 0.4) is 0 Å². The Morgan fingerprint density at radius 3 is 2.75 bits per heavy atom. The Labute approximate surface area is 95.7 Å². The highest BCUT2D eigenvalue weighted by Crippen LogP contribution is 2.10. The summed E-state index contributed by atoms with van der Waals surface area (Å²) >= 11 is 0. The molecule has 0 spiro atoms. The van der Waals surface area contributed by atoms with Crippen LogP contribution in [-0.4, -0.2) is 41.5 Å². The van der Waals surface area contributed by atoms with Crippen molar-refractivity contribution < 1.29 is 4.79 Å². The first kappa shape index (κ1) is 11.1. The van der Waals surface area contributed by atoms with Gasteiger partial charge in [0.25, 0.3) is 5.91 Å². The van der Waals surface area contributed by atoms with Crippen molar-refractivity contribution >= 4 is 5.91 Å². The zero-order valence-electron chi connectivity index (χ0n) is 9.73. The van der Waals surface area contributed by atoms with Gasteiger partial charge in [-0.15, -0.1) is 0 Å². The summed E-state index contributed by atoms with van der Waals surface area (Å²) in [6.07, 6.45) is 1.66. The van der Waals surface area contributed by atoms with Gasteiger partial charge in [0.2, 0.25) is 0 Å². The van der Waals surface area contributed by atoms with Crippen LogP contribution in [0.25, 0.3) is 0 Å². The summed E-state index contributed by atoms with van der Waals surface area (Å²) in [5.41, 5.74) is 1.62. The van der Waals surface area contributed by atoms with Crippen molar-refractivity contribution in [2.45, 2.75) is 19.9 Å². The number of hydrogen-bond acceptors (Lipinski definition) is 3. The topological polar surface area (TPSA) is 45.2 Å². The third-order valence-electron chi connectivity index (χ3n) is 2.96. The molecule has 1 aromatic rings. The van der Waals surface area contributed by atoms with Crippen molar-refractivity contribution in [3.8, 4) is 0 Å². The van der Waals surface area contributed by atoms with Crippen molar-refractivity contribution in [3.63, 3.8) is 0 Å². The van der Waals surface area contributed by atoms with Crippen molar-refractivity contribution in [1.82, 2.24) is 15.2 Å². The van der Waals surface area contributed by atoms with Gasteiger partial charge in [-0.05, 0) is 26.0 Å². The number of hydrogen-bond donors (Lipinski definition) is 1. The number of carbonyl (C=O) groups excluding carboxylic acids is 1. The Bertz CT molecular complexity index is 370. The molecule has 1 saturated heterocycles. The van der Waals surface area contributed by atoms with E-state index in [1.165, 1.54) is 0 Å². The number of amides is 1. The summed E-state index contributed by atoms with van der Waals surface area (Å²) in [7, 11) is 0. The van der Waals surface area contributed by atoms with Crippen molar-refractivity contribution in [1.29, 1.82) is 0 Å². The van der Waals surface area contributed by atoms with Crippen LogP contribution in [0.4, 0.5) is 0 Å². The molecule has 1 fully saturated rings. The minimum Gasteiger partial charge on any atom is -0.333 e. The molecule has 0 unspecified atom stereocenters. The molecule has 86 valence electrons. The van der Waals surface area contributed by atoms with Crippen molar-refractivity contribution in [3.05, 3.63) is 29.6 Å². The molecule has 1 aromatic heterocycles. The summed E-state index contributed by atoms with van der Waals surface area (Å²) in [5, 5.41) is 3.18. The van der Waals surface area contributed by atoms with E-state index in [0.717, 1.165) is 25.3 Å². The number of nitrogens with one attached hydrogen (secondary N) is 1. The fraction of sp³-hybridized carbons (Fsp3) is 0.500. The van der Waals surface area contributed by atoms with Crippen LogP contribution in [0, 0.1) is 6.92 Å². The summed E-state index contributed by atoms with van der Waals surface area (Å²) in [5.74, 6) is 0.0847. The van der Waals surface area contributed by atoms with Gasteiger partial charge in [-0.25, -0.2) is 0 Å². The van der Waals surface area contributed by atoms with Crippen LogP contribution in [0.2, 0.25) is 0 Å². The number of aryl methyl sites for hydroxylation is 1. The van der Waals surface area contributed by atoms with Gasteiger partial charge < -0.3 is 10.2 Å². The number of likely N-dealkylation sites (N-methyl/N-ethyl adjacent to an activating group) is 1. The summed E-state index contributed by atoms with van der Waals surface area (Å²) in [4.78, 5) is 18.2. The average Bonchev–Trinajstić information content (AvgIpc) is 2.23. The Morgan fingerprint density at radius 2 is 2.31 bits per heavy atom. The van der Waals surface area contributed by atoms with Crippen LogP contribution >= 0.6 is 0 Å². The van der Waals surface area contributed by atoms with Gasteiger partial charge in [-0.1, -0.05) is 0 Å². The molecule has 1 amide bonds. The monoisotopic (exact) mass is 219 g/mol. The van der Waals surface area contributed by atoms with E-state index in [0.29, 0.717) is 11.6 Å². The van der Waals surface area contributed by atoms with E-state index in [1.54, 1.807) is 6.20 Å². The molecule has 16 heavy (non-hydrogen) atoms. The molecular weight excluding hydrogens is 202 g/mol. The zero-order valence-corrected chi connectivity index (χ0v) is 9.73. The molecule has 1 aliphatic heterocycles. The highest BCUT2D eigenvalue weighted by atomic mass is 16.2. The molecule has 0 atom stereocenters. The lowest BCUT2D eigenvalue weighted by Crippen LogP contribution is -2.58. The molecule has 1 aliphatic rings. The van der Waals surface area contributed by atoms with Crippen LogP contribution in [0.1, 0.15) is 23.0 Å². The zero-order chi connectivity index (χ0) is 11.5. The third kappa shape index (κ3) is 2.07. The Hall–Kier alpha value is -1.42. The lowest BCUT2D eigenvalue weighted by atomic mass is 10.1. The normalized spacial score (nSPS) is 15.6. The minimum absolute atomic E-state index is 0.0847. The van der Waals surface area contributed by atoms with Gasteiger partial charge in [0.05, 0.1) is 11.6 Å². The predicted octanol–water partition coefficient (Wildman–Crippen LogP) is 0.824. The molecule has 1 N–H and O–H groups in total. The largest absolute Gasteiger partial charge is 0.333 e. The molecule has 0 aliphatic carbocycles. The second-order valence-corrected chi connectivity index (χ2v) is 4.09. The second-order valence-electron chi connectivity index (χ2n) is 4.09. The number of pyridine rings is 1. The maximum Gasteiger partial charge on any atom is 0.255 e. The molecule has 2 rings (SSSR count). The number of rotatable bonds is 3. The predicted molar refractivity (Wildman–Crippen MR) is 62.3 cm³/mol. The molecule has 4 heteroatoms. The van der Waals surface area contributed by atoms with Crippen LogP contribution in [0.5, 0.6) is 0 Å². The lowest BCUT2D eigenvalue weighted by molar-refractivity contribution is 0.0630. The molecule has 4 nitrogen and oxygen atoms in total. The van der Waals surface area contributed by atoms with E-state index in [4.69, 9.17) is 0 Å². The summed E-state index contributed by atoms with van der Waals surface area (Å²) in [6, 6.07) is 4.07. The van der Waals surface area contributed by atoms with E-state index >= 15 is 0 Å². The number of carbonyl (C=O) groups is 1. The fourth-order valence-corrected chi connectivity index (χ4v) is 1.82. The number of nitrogens with zero attached hydrogens (tertiary/aromatic N) is 2. The molecular formula is C12H17N3O. The first-order chi connectivity index (χ1) is 7.72. The summed E-state index contributed by atoms with van der Waals surface area (Å²) < 4.78 is 0. The molecule has 0 bridgehead atoms. The highest BCUT2D eigenvalue weighted by Gasteiger charge is 2.27. The lowest BCUT2D eigenvalue weighted by Gasteiger charge is -2.37. The summed E-state index contributed by atoms with van der Waals surface area (Å²) in [6.45, 7) is 6.48. The van der Waals surface area contributed by atoms with Crippen molar-refractivity contribution in [2.24, 2.45) is 0 Å². The highest BCUT2D eigenvalue weighted by molar-refractivity contribution is 5.94. The van der Waals surface area contributed by atoms with Gasteiger partial charge >= 0.3 is 0 Å².